The molecule has 2 aliphatic rings. The minimum absolute atomic E-state index is 0.0256. The molecule has 2 amide bonds. The molecule has 1 atom stereocenters. The number of ether oxygens (including phenoxy) is 3. The number of aromatic nitrogens is 1. The molecule has 0 saturated carbocycles. The molecule has 3 heterocycles. The molecule has 0 radical (unpaired) electrons. The minimum Gasteiger partial charge on any atom is -0.491 e. The highest BCUT2D eigenvalue weighted by atomic mass is 35.5. The summed E-state index contributed by atoms with van der Waals surface area (Å²) in [5.41, 5.74) is 6.39. The maximum atomic E-state index is 14.1. The first-order chi connectivity index (χ1) is 20.2. The zero-order valence-corrected chi connectivity index (χ0v) is 24.7. The van der Waals surface area contributed by atoms with E-state index in [1.165, 1.54) is 10.4 Å². The summed E-state index contributed by atoms with van der Waals surface area (Å²) >= 11 is 6.48. The van der Waals surface area contributed by atoms with Gasteiger partial charge < -0.3 is 35.1 Å². The van der Waals surface area contributed by atoms with Crippen molar-refractivity contribution in [1.82, 2.24) is 14.2 Å². The lowest BCUT2D eigenvalue weighted by atomic mass is 10.0. The second kappa shape index (κ2) is 12.8. The zero-order valence-electron chi connectivity index (χ0n) is 23.2. The van der Waals surface area contributed by atoms with Crippen molar-refractivity contribution in [2.24, 2.45) is 5.73 Å². The second-order valence-electron chi connectivity index (χ2n) is 10.2. The Morgan fingerprint density at radius 1 is 1.17 bits per heavy atom. The van der Waals surface area contributed by atoms with Crippen LogP contribution in [0.3, 0.4) is 0 Å². The maximum Gasteiger partial charge on any atom is 0.409 e. The van der Waals surface area contributed by atoms with Gasteiger partial charge in [-0.05, 0) is 44.0 Å². The molecule has 2 aliphatic heterocycles. The Hall–Kier alpha value is -3.52. The van der Waals surface area contributed by atoms with Crippen molar-refractivity contribution >= 4 is 50.2 Å². The number of amides is 2. The number of anilines is 1. The Balaban J connectivity index is 1.39. The number of para-hydroxylation sites is 1. The smallest absolute Gasteiger partial charge is 0.409 e. The molecule has 5 rings (SSSR count). The average Bonchev–Trinajstić information content (AvgIpc) is 3.38. The van der Waals surface area contributed by atoms with Crippen LogP contribution in [-0.4, -0.2) is 92.8 Å². The number of hydrogen-bond acceptors (Lipinski definition) is 8. The van der Waals surface area contributed by atoms with E-state index in [2.05, 4.69) is 10.3 Å². The number of hydrogen-bond donors (Lipinski definition) is 3. The van der Waals surface area contributed by atoms with E-state index in [1.807, 2.05) is 30.3 Å². The minimum atomic E-state index is -4.20. The largest absolute Gasteiger partial charge is 0.491 e. The van der Waals surface area contributed by atoms with E-state index >= 15 is 0 Å². The summed E-state index contributed by atoms with van der Waals surface area (Å²) in [4.78, 5) is 29.0. The maximum absolute atomic E-state index is 14.1. The number of sulfonamides is 1. The molecule has 0 spiro atoms. The quantitative estimate of drug-likeness (QED) is 0.329. The van der Waals surface area contributed by atoms with E-state index in [4.69, 9.17) is 31.5 Å². The van der Waals surface area contributed by atoms with Gasteiger partial charge in [-0.3, -0.25) is 4.79 Å². The van der Waals surface area contributed by atoms with Crippen LogP contribution in [0, 0.1) is 0 Å². The molecular formula is C28H34ClN5O7S. The number of H-pyrrole nitrogens is 1. The Morgan fingerprint density at radius 2 is 1.90 bits per heavy atom. The summed E-state index contributed by atoms with van der Waals surface area (Å²) in [5.74, 6) is -0.262. The number of carbonyl (C=O) groups excluding carboxylic acids is 2. The number of benzene rings is 2. The third kappa shape index (κ3) is 6.43. The number of likely N-dealkylation sites (tertiary alicyclic amines) is 1. The summed E-state index contributed by atoms with van der Waals surface area (Å²) < 4.78 is 46.1. The number of piperidine rings is 1. The summed E-state index contributed by atoms with van der Waals surface area (Å²) in [6.07, 6.45) is 0.420. The molecule has 3 aromatic rings. The number of rotatable bonds is 9. The molecule has 226 valence electrons. The lowest BCUT2D eigenvalue weighted by Gasteiger charge is -2.32. The number of nitrogens with one attached hydrogen (secondary N) is 2. The van der Waals surface area contributed by atoms with Crippen molar-refractivity contribution in [3.05, 3.63) is 53.2 Å². The third-order valence-corrected chi connectivity index (χ3v) is 9.50. The van der Waals surface area contributed by atoms with Gasteiger partial charge in [-0.2, -0.15) is 4.31 Å². The van der Waals surface area contributed by atoms with Crippen LogP contribution in [0.4, 0.5) is 10.5 Å². The van der Waals surface area contributed by atoms with E-state index in [-0.39, 0.29) is 59.4 Å². The van der Waals surface area contributed by atoms with Gasteiger partial charge in [0.25, 0.3) is 5.91 Å². The van der Waals surface area contributed by atoms with Gasteiger partial charge in [0, 0.05) is 42.6 Å². The highest BCUT2D eigenvalue weighted by Gasteiger charge is 2.37. The summed E-state index contributed by atoms with van der Waals surface area (Å²) in [6.45, 7) is 3.52. The molecule has 4 N–H and O–H groups in total. The second-order valence-corrected chi connectivity index (χ2v) is 12.5. The van der Waals surface area contributed by atoms with E-state index in [0.717, 1.165) is 0 Å². The van der Waals surface area contributed by atoms with Gasteiger partial charge in [-0.15, -0.1) is 0 Å². The number of halogens is 1. The average molecular weight is 620 g/mol. The van der Waals surface area contributed by atoms with Gasteiger partial charge in [0.05, 0.1) is 24.4 Å². The van der Waals surface area contributed by atoms with E-state index in [9.17, 15) is 18.0 Å². The number of fused-ring (bicyclic) bond motifs is 1. The van der Waals surface area contributed by atoms with Crippen LogP contribution >= 0.6 is 11.6 Å². The molecule has 2 aromatic carbocycles. The Morgan fingerprint density at radius 3 is 2.60 bits per heavy atom. The molecule has 2 saturated heterocycles. The van der Waals surface area contributed by atoms with Gasteiger partial charge in [-0.1, -0.05) is 29.8 Å². The molecule has 2 fully saturated rings. The number of nitrogens with zero attached hydrogens (tertiary/aromatic N) is 2. The van der Waals surface area contributed by atoms with E-state index in [1.54, 1.807) is 17.9 Å². The number of aromatic amines is 1. The van der Waals surface area contributed by atoms with Crippen LogP contribution in [0.2, 0.25) is 5.02 Å². The lowest BCUT2D eigenvalue weighted by Crippen LogP contribution is -2.47. The fraction of sp³-hybridized carbons (Fsp3) is 0.429. The van der Waals surface area contributed by atoms with Gasteiger partial charge in [0.2, 0.25) is 10.0 Å². The fourth-order valence-electron chi connectivity index (χ4n) is 5.28. The van der Waals surface area contributed by atoms with Crippen LogP contribution in [0.1, 0.15) is 30.3 Å². The molecule has 42 heavy (non-hydrogen) atoms. The Labute approximate surface area is 249 Å². The van der Waals surface area contributed by atoms with Crippen LogP contribution in [0.25, 0.3) is 10.9 Å². The zero-order chi connectivity index (χ0) is 29.9. The SMILES string of the molecule is CCOC(=O)N1CCC(Nc2cc(Cl)cc3c(S(=O)(=O)N4CCOC(COc5ccccc5)C4)c(C(N)=O)[nH]c23)CC1. The first kappa shape index (κ1) is 30.0. The van der Waals surface area contributed by atoms with Crippen LogP contribution in [-0.2, 0) is 19.5 Å². The number of nitrogens with two attached hydrogens (primary N) is 1. The van der Waals surface area contributed by atoms with Crippen LogP contribution in [0.5, 0.6) is 5.75 Å². The van der Waals surface area contributed by atoms with Crippen molar-refractivity contribution in [2.75, 3.05) is 51.3 Å². The molecule has 0 bridgehead atoms. The molecule has 0 aliphatic carbocycles. The summed E-state index contributed by atoms with van der Waals surface area (Å²) in [6, 6.07) is 12.3. The lowest BCUT2D eigenvalue weighted by molar-refractivity contribution is -0.0249. The molecule has 1 unspecified atom stereocenters. The van der Waals surface area contributed by atoms with Gasteiger partial charge in [0.15, 0.2) is 0 Å². The standard InChI is InChI=1S/C28H34ClN5O7S/c1-2-39-28(36)33-10-8-19(9-11-33)31-23-15-18(29)14-22-24(23)32-25(27(30)35)26(22)42(37,38)34-12-13-40-21(16-34)17-41-20-6-4-3-5-7-20/h3-7,14-15,19,21,31-32H,2,8-13,16-17H2,1H3,(H2,30,35). The highest BCUT2D eigenvalue weighted by Crippen LogP contribution is 2.37. The normalized spacial score (nSPS) is 18.6. The number of primary amides is 1. The van der Waals surface area contributed by atoms with Gasteiger partial charge >= 0.3 is 6.09 Å². The first-order valence-electron chi connectivity index (χ1n) is 13.8. The van der Waals surface area contributed by atoms with Crippen LogP contribution < -0.4 is 15.8 Å². The van der Waals surface area contributed by atoms with Crippen molar-refractivity contribution in [3.8, 4) is 5.75 Å². The fourth-order valence-corrected chi connectivity index (χ4v) is 7.28. The van der Waals surface area contributed by atoms with Gasteiger partial charge in [0.1, 0.15) is 29.0 Å². The number of carbonyl (C=O) groups is 2. The van der Waals surface area contributed by atoms with Crippen molar-refractivity contribution < 1.29 is 32.2 Å². The highest BCUT2D eigenvalue weighted by molar-refractivity contribution is 7.89. The predicted octanol–water partition coefficient (Wildman–Crippen LogP) is 3.42. The third-order valence-electron chi connectivity index (χ3n) is 7.33. The van der Waals surface area contributed by atoms with Crippen molar-refractivity contribution in [2.45, 2.75) is 36.8 Å². The Kier molecular flexibility index (Phi) is 9.11. The molecule has 12 nitrogen and oxygen atoms in total. The first-order valence-corrected chi connectivity index (χ1v) is 15.6. The summed E-state index contributed by atoms with van der Waals surface area (Å²) in [5, 5.41) is 3.96. The van der Waals surface area contributed by atoms with Crippen molar-refractivity contribution in [3.63, 3.8) is 0 Å². The monoisotopic (exact) mass is 619 g/mol. The van der Waals surface area contributed by atoms with Crippen molar-refractivity contribution in [1.29, 1.82) is 0 Å². The molecule has 1 aromatic heterocycles. The molecule has 14 heteroatoms. The topological polar surface area (TPSA) is 156 Å². The van der Waals surface area contributed by atoms with E-state index < -0.39 is 22.0 Å². The number of morpholine rings is 1. The Bertz CT molecular complexity index is 1540. The predicted molar refractivity (Wildman–Crippen MR) is 158 cm³/mol. The van der Waals surface area contributed by atoms with Gasteiger partial charge in [-0.25, -0.2) is 13.2 Å². The molecular weight excluding hydrogens is 586 g/mol. The van der Waals surface area contributed by atoms with E-state index in [0.29, 0.717) is 49.5 Å². The van der Waals surface area contributed by atoms with Crippen LogP contribution in [0.15, 0.2) is 47.4 Å². The summed E-state index contributed by atoms with van der Waals surface area (Å²) in [7, 11) is -4.20.